The summed E-state index contributed by atoms with van der Waals surface area (Å²) in [5.41, 5.74) is 12.1. The average molecular weight is 1030 g/mol. The minimum atomic E-state index is 0. The van der Waals surface area contributed by atoms with Gasteiger partial charge in [0.05, 0.1) is 54.2 Å². The topological polar surface area (TPSA) is 199 Å². The highest BCUT2D eigenvalue weighted by molar-refractivity contribution is 9.10. The van der Waals surface area contributed by atoms with E-state index in [2.05, 4.69) is 65.8 Å². The molecule has 362 valence electrons. The number of nitrogens with zero attached hydrogens (tertiary/aromatic N) is 15. The molecule has 0 saturated heterocycles. The van der Waals surface area contributed by atoms with E-state index in [0.29, 0.717) is 22.7 Å². The average Bonchev–Trinajstić information content (AvgIpc) is 4.10. The number of pyridine rings is 9. The molecule has 12 heterocycles. The molecule has 0 aliphatic carbocycles. The Hall–Kier alpha value is -9.16. The molecule has 12 aromatic rings. The fraction of sp³-hybridized carbons (Fsp3) is 0.127. The maximum atomic E-state index is 9.67. The molecule has 0 aromatic carbocycles. The maximum absolute atomic E-state index is 9.67. The van der Waals surface area contributed by atoms with E-state index in [1.807, 2.05) is 164 Å². The molecule has 0 aliphatic heterocycles. The fourth-order valence-corrected chi connectivity index (χ4v) is 8.01. The van der Waals surface area contributed by atoms with Gasteiger partial charge in [0, 0.05) is 58.5 Å². The lowest BCUT2D eigenvalue weighted by atomic mass is 10.3. The van der Waals surface area contributed by atoms with Crippen LogP contribution in [0, 0.1) is 20.8 Å². The third-order valence-electron chi connectivity index (χ3n) is 10.9. The van der Waals surface area contributed by atoms with E-state index in [0.717, 1.165) is 89.7 Å². The molecule has 0 bridgehead atoms. The molecule has 0 spiro atoms. The summed E-state index contributed by atoms with van der Waals surface area (Å²) < 4.78 is 12.5. The van der Waals surface area contributed by atoms with Crippen LogP contribution in [0.3, 0.4) is 0 Å². The molecule has 17 nitrogen and oxygen atoms in total. The van der Waals surface area contributed by atoms with Crippen molar-refractivity contribution in [3.8, 4) is 63.1 Å². The van der Waals surface area contributed by atoms with Crippen molar-refractivity contribution in [1.29, 1.82) is 0 Å². The predicted octanol–water partition coefficient (Wildman–Crippen LogP) is 11.4. The number of ether oxygens (including phenoxy) is 1. The molecule has 12 aromatic heterocycles. The standard InChI is InChI=1S/C20H19N5O.C17H12BrN5.C17H13N5O.CH4/c1-13(2)26-16-10-18-19(23-12-16)25(15-8-7-14(3)22-11-15)20(24-18)17-6-4-5-9-21-17;1-11-5-6-13(10-20-11)23-16-15(8-12(18)9-21-16)22-17(23)14-4-2-3-7-19-14;1-11-5-6-12(9-19-11)22-16-15(8-13(23)10-20-16)21-17(22)14-4-2-3-7-18-14;/h4-13H,1-3H3;2-10H,1H3;2-10,23H,1H3;1H4. The highest BCUT2D eigenvalue weighted by atomic mass is 79.9. The van der Waals surface area contributed by atoms with E-state index in [1.54, 1.807) is 43.2 Å². The van der Waals surface area contributed by atoms with Crippen LogP contribution < -0.4 is 4.74 Å². The van der Waals surface area contributed by atoms with Crippen LogP contribution in [-0.2, 0) is 0 Å². The van der Waals surface area contributed by atoms with Crippen molar-refractivity contribution in [2.75, 3.05) is 0 Å². The summed E-state index contributed by atoms with van der Waals surface area (Å²) in [5, 5.41) is 9.67. The largest absolute Gasteiger partial charge is 0.506 e. The van der Waals surface area contributed by atoms with Gasteiger partial charge in [-0.3, -0.25) is 43.6 Å². The second kappa shape index (κ2) is 21.5. The Kier molecular flexibility index (Phi) is 14.4. The van der Waals surface area contributed by atoms with E-state index in [1.165, 1.54) is 6.20 Å². The number of hydrogen-bond donors (Lipinski definition) is 1. The number of hydrogen-bond acceptors (Lipinski definition) is 14. The molecule has 18 heteroatoms. The van der Waals surface area contributed by atoms with Gasteiger partial charge in [0.15, 0.2) is 34.4 Å². The predicted molar refractivity (Wildman–Crippen MR) is 286 cm³/mol. The Bertz CT molecular complexity index is 3630. The number of aromatic nitrogens is 15. The summed E-state index contributed by atoms with van der Waals surface area (Å²) >= 11 is 3.45. The Morgan fingerprint density at radius 1 is 0.452 bits per heavy atom. The van der Waals surface area contributed by atoms with Gasteiger partial charge in [-0.1, -0.05) is 25.6 Å². The number of halogens is 1. The second-order valence-corrected chi connectivity index (χ2v) is 17.6. The van der Waals surface area contributed by atoms with Gasteiger partial charge < -0.3 is 9.84 Å². The van der Waals surface area contributed by atoms with Crippen LogP contribution in [0.15, 0.2) is 169 Å². The molecule has 0 aliphatic rings. The van der Waals surface area contributed by atoms with Gasteiger partial charge in [-0.25, -0.2) is 29.9 Å². The second-order valence-electron chi connectivity index (χ2n) is 16.6. The van der Waals surface area contributed by atoms with Gasteiger partial charge >= 0.3 is 0 Å². The first-order chi connectivity index (χ1) is 35.1. The Morgan fingerprint density at radius 2 is 0.849 bits per heavy atom. The molecule has 1 N–H and O–H groups in total. The van der Waals surface area contributed by atoms with E-state index in [-0.39, 0.29) is 19.3 Å². The van der Waals surface area contributed by atoms with E-state index >= 15 is 0 Å². The lowest BCUT2D eigenvalue weighted by molar-refractivity contribution is 0.242. The van der Waals surface area contributed by atoms with Gasteiger partial charge in [0.2, 0.25) is 0 Å². The highest BCUT2D eigenvalue weighted by Gasteiger charge is 2.20. The first-order valence-corrected chi connectivity index (χ1v) is 23.6. The molecular weight excluding hydrogens is 983 g/mol. The van der Waals surface area contributed by atoms with Crippen LogP contribution in [0.25, 0.3) is 85.1 Å². The van der Waals surface area contributed by atoms with Crippen LogP contribution in [0.5, 0.6) is 11.5 Å². The van der Waals surface area contributed by atoms with E-state index < -0.39 is 0 Å². The Labute approximate surface area is 428 Å². The molecule has 0 atom stereocenters. The lowest BCUT2D eigenvalue weighted by Crippen LogP contribution is -2.06. The van der Waals surface area contributed by atoms with Crippen LogP contribution in [0.4, 0.5) is 0 Å². The quantitative estimate of drug-likeness (QED) is 0.151. The van der Waals surface area contributed by atoms with Gasteiger partial charge in [0.25, 0.3) is 0 Å². The number of imidazole rings is 3. The summed E-state index contributed by atoms with van der Waals surface area (Å²) in [6, 6.07) is 34.5. The van der Waals surface area contributed by atoms with Crippen LogP contribution >= 0.6 is 15.9 Å². The highest BCUT2D eigenvalue weighted by Crippen LogP contribution is 2.31. The van der Waals surface area contributed by atoms with Crippen molar-refractivity contribution in [1.82, 2.24) is 73.5 Å². The normalized spacial score (nSPS) is 10.9. The van der Waals surface area contributed by atoms with E-state index in [4.69, 9.17) is 14.7 Å². The first kappa shape index (κ1) is 48.8. The minimum absolute atomic E-state index is 0. The molecule has 0 fully saturated rings. The Balaban J connectivity index is 0.000000134. The van der Waals surface area contributed by atoms with Crippen LogP contribution in [0.1, 0.15) is 38.4 Å². The number of aryl methyl sites for hydroxylation is 3. The summed E-state index contributed by atoms with van der Waals surface area (Å²) in [6.07, 6.45) is 15.6. The van der Waals surface area contributed by atoms with Crippen molar-refractivity contribution in [2.24, 2.45) is 0 Å². The third-order valence-corrected chi connectivity index (χ3v) is 11.4. The zero-order valence-corrected chi connectivity index (χ0v) is 41.2. The lowest BCUT2D eigenvalue weighted by Gasteiger charge is -2.10. The number of fused-ring (bicyclic) bond motifs is 3. The summed E-state index contributed by atoms with van der Waals surface area (Å²) in [4.78, 5) is 53.9. The number of aromatic hydroxyl groups is 1. The smallest absolute Gasteiger partial charge is 0.165 e. The Morgan fingerprint density at radius 3 is 1.23 bits per heavy atom. The van der Waals surface area contributed by atoms with Crippen molar-refractivity contribution < 1.29 is 9.84 Å². The van der Waals surface area contributed by atoms with Crippen molar-refractivity contribution >= 4 is 49.4 Å². The zero-order valence-electron chi connectivity index (χ0n) is 39.6. The molecule has 0 unspecified atom stereocenters. The summed E-state index contributed by atoms with van der Waals surface area (Å²) in [7, 11) is 0. The van der Waals surface area contributed by atoms with Crippen molar-refractivity contribution in [3.63, 3.8) is 0 Å². The molecule has 73 heavy (non-hydrogen) atoms. The van der Waals surface area contributed by atoms with Gasteiger partial charge in [0.1, 0.15) is 45.1 Å². The van der Waals surface area contributed by atoms with Crippen LogP contribution in [0.2, 0.25) is 0 Å². The zero-order chi connectivity index (χ0) is 49.7. The molecule has 12 rings (SSSR count). The molecule has 0 radical (unpaired) electrons. The van der Waals surface area contributed by atoms with Gasteiger partial charge in [-0.15, -0.1) is 0 Å². The van der Waals surface area contributed by atoms with E-state index in [9.17, 15) is 5.11 Å². The van der Waals surface area contributed by atoms with Crippen molar-refractivity contribution in [3.05, 3.63) is 187 Å². The SMILES string of the molecule is C.Cc1ccc(-n2c(-c3ccccn3)nc3cc(Br)cnc32)cn1.Cc1ccc(-n2c(-c3ccccn3)nc3cc(O)cnc32)cn1.Cc1ccc(-n2c(-c3ccccn3)nc3cc(OC(C)C)cnc32)cn1. The number of rotatable bonds is 8. The van der Waals surface area contributed by atoms with Gasteiger partial charge in [-0.05, 0) is 129 Å². The molecular formula is C55H48BrN15O2. The molecule has 0 amide bonds. The summed E-state index contributed by atoms with van der Waals surface area (Å²) in [5.74, 6) is 2.91. The molecule has 0 saturated carbocycles. The maximum Gasteiger partial charge on any atom is 0.165 e. The minimum Gasteiger partial charge on any atom is -0.506 e. The third kappa shape index (κ3) is 10.6. The fourth-order valence-electron chi connectivity index (χ4n) is 7.69. The van der Waals surface area contributed by atoms with Crippen LogP contribution in [-0.4, -0.2) is 84.7 Å². The van der Waals surface area contributed by atoms with Crippen molar-refractivity contribution in [2.45, 2.75) is 48.1 Å². The monoisotopic (exact) mass is 1030 g/mol. The summed E-state index contributed by atoms with van der Waals surface area (Å²) in [6.45, 7) is 9.83. The first-order valence-electron chi connectivity index (χ1n) is 22.8. The van der Waals surface area contributed by atoms with Gasteiger partial charge in [-0.2, -0.15) is 0 Å².